The minimum absolute atomic E-state index is 0.0360. The average Bonchev–Trinajstić information content (AvgIpc) is 2.88. The van der Waals surface area contributed by atoms with Crippen LogP contribution in [0.5, 0.6) is 0 Å². The number of anilines is 1. The maximum atomic E-state index is 13.9. The molecule has 7 nitrogen and oxygen atoms in total. The summed E-state index contributed by atoms with van der Waals surface area (Å²) in [5, 5.41) is 4.02. The van der Waals surface area contributed by atoms with E-state index in [0.717, 1.165) is 17.4 Å². The number of nitrogens with zero attached hydrogens (tertiary/aromatic N) is 2. The van der Waals surface area contributed by atoms with Gasteiger partial charge in [0.05, 0.1) is 11.9 Å². The number of hydrogen-bond acceptors (Lipinski definition) is 4. The van der Waals surface area contributed by atoms with Crippen LogP contribution in [0, 0.1) is 0 Å². The molecule has 0 aliphatic carbocycles. The van der Waals surface area contributed by atoms with Gasteiger partial charge < -0.3 is 10.2 Å². The summed E-state index contributed by atoms with van der Waals surface area (Å²) in [6.45, 7) is 5.95. The van der Waals surface area contributed by atoms with Crippen LogP contribution in [0.15, 0.2) is 78.9 Å². The number of sulfonamides is 1. The Kier molecular flexibility index (Phi) is 11.2. The highest BCUT2D eigenvalue weighted by Gasteiger charge is 2.32. The molecule has 41 heavy (non-hydrogen) atoms. The van der Waals surface area contributed by atoms with Crippen LogP contribution >= 0.6 is 23.2 Å². The van der Waals surface area contributed by atoms with Gasteiger partial charge in [0, 0.05) is 41.5 Å². The molecule has 0 saturated heterocycles. The molecule has 0 aliphatic heterocycles. The Bertz CT molecular complexity index is 1430. The highest BCUT2D eigenvalue weighted by molar-refractivity contribution is 7.92. The number of carbonyl (C=O) groups is 2. The Morgan fingerprint density at radius 3 is 2.12 bits per heavy atom. The molecule has 0 spiro atoms. The monoisotopic (exact) mass is 617 g/mol. The molecule has 1 atom stereocenters. The molecule has 0 aliphatic rings. The van der Waals surface area contributed by atoms with E-state index in [0.29, 0.717) is 22.2 Å². The van der Waals surface area contributed by atoms with Crippen molar-refractivity contribution in [2.75, 3.05) is 17.1 Å². The average molecular weight is 619 g/mol. The third-order valence-corrected chi connectivity index (χ3v) is 7.96. The largest absolute Gasteiger partial charge is 0.350 e. The van der Waals surface area contributed by atoms with E-state index in [1.807, 2.05) is 63.2 Å². The van der Waals surface area contributed by atoms with Gasteiger partial charge in [0.25, 0.3) is 0 Å². The Labute approximate surface area is 253 Å². The van der Waals surface area contributed by atoms with Crippen molar-refractivity contribution in [3.8, 4) is 0 Å². The predicted octanol–water partition coefficient (Wildman–Crippen LogP) is 6.09. The molecule has 0 aromatic heterocycles. The first-order chi connectivity index (χ1) is 19.2. The second-order valence-electron chi connectivity index (χ2n) is 11.0. The van der Waals surface area contributed by atoms with Crippen molar-refractivity contribution in [3.63, 3.8) is 0 Å². The zero-order valence-electron chi connectivity index (χ0n) is 23.8. The summed E-state index contributed by atoms with van der Waals surface area (Å²) in [6.07, 6.45) is 1.72. The number of amides is 2. The van der Waals surface area contributed by atoms with Crippen molar-refractivity contribution < 1.29 is 18.0 Å². The van der Waals surface area contributed by atoms with E-state index in [-0.39, 0.29) is 37.7 Å². The highest BCUT2D eigenvalue weighted by atomic mass is 35.5. The first kappa shape index (κ1) is 32.4. The molecular weight excluding hydrogens is 581 g/mol. The van der Waals surface area contributed by atoms with Crippen molar-refractivity contribution in [1.29, 1.82) is 0 Å². The van der Waals surface area contributed by atoms with E-state index in [9.17, 15) is 18.0 Å². The summed E-state index contributed by atoms with van der Waals surface area (Å²) < 4.78 is 26.4. The van der Waals surface area contributed by atoms with Crippen molar-refractivity contribution in [1.82, 2.24) is 10.2 Å². The van der Waals surface area contributed by atoms with Crippen LogP contribution in [-0.4, -0.2) is 49.5 Å². The third-order valence-electron chi connectivity index (χ3n) is 6.28. The van der Waals surface area contributed by atoms with Gasteiger partial charge >= 0.3 is 0 Å². The Morgan fingerprint density at radius 1 is 0.878 bits per heavy atom. The van der Waals surface area contributed by atoms with Crippen LogP contribution in [0.1, 0.15) is 44.7 Å². The van der Waals surface area contributed by atoms with E-state index in [1.54, 1.807) is 41.3 Å². The van der Waals surface area contributed by atoms with Gasteiger partial charge in [0.1, 0.15) is 6.04 Å². The molecule has 3 aromatic rings. The molecule has 0 saturated carbocycles. The molecule has 0 radical (unpaired) electrons. The smallest absolute Gasteiger partial charge is 0.243 e. The van der Waals surface area contributed by atoms with E-state index in [1.165, 1.54) is 4.31 Å². The van der Waals surface area contributed by atoms with Crippen LogP contribution in [0.2, 0.25) is 10.0 Å². The van der Waals surface area contributed by atoms with Crippen molar-refractivity contribution in [2.24, 2.45) is 0 Å². The molecule has 220 valence electrons. The van der Waals surface area contributed by atoms with Crippen LogP contribution in [0.4, 0.5) is 5.69 Å². The van der Waals surface area contributed by atoms with Crippen molar-refractivity contribution in [3.05, 3.63) is 100 Å². The van der Waals surface area contributed by atoms with Crippen LogP contribution < -0.4 is 9.62 Å². The van der Waals surface area contributed by atoms with Gasteiger partial charge in [-0.05, 0) is 68.7 Å². The van der Waals surface area contributed by atoms with Crippen LogP contribution in [0.25, 0.3) is 0 Å². The van der Waals surface area contributed by atoms with Gasteiger partial charge in [-0.15, -0.1) is 0 Å². The summed E-state index contributed by atoms with van der Waals surface area (Å²) in [6, 6.07) is 22.5. The fourth-order valence-corrected chi connectivity index (χ4v) is 5.70. The fourth-order valence-electron chi connectivity index (χ4n) is 4.43. The van der Waals surface area contributed by atoms with E-state index in [4.69, 9.17) is 23.2 Å². The minimum Gasteiger partial charge on any atom is -0.350 e. The lowest BCUT2D eigenvalue weighted by atomic mass is 10.00. The van der Waals surface area contributed by atoms with Crippen molar-refractivity contribution in [2.45, 2.75) is 58.2 Å². The Hall–Kier alpha value is -3.07. The molecule has 10 heteroatoms. The summed E-state index contributed by atoms with van der Waals surface area (Å²) in [5.74, 6) is -0.523. The molecule has 0 heterocycles. The number of benzene rings is 3. The molecule has 0 unspecified atom stereocenters. The summed E-state index contributed by atoms with van der Waals surface area (Å²) in [4.78, 5) is 29.1. The highest BCUT2D eigenvalue weighted by Crippen LogP contribution is 2.23. The van der Waals surface area contributed by atoms with Gasteiger partial charge in [0.15, 0.2) is 0 Å². The first-order valence-electron chi connectivity index (χ1n) is 13.4. The maximum absolute atomic E-state index is 13.9. The first-order valence-corrected chi connectivity index (χ1v) is 16.0. The lowest BCUT2D eigenvalue weighted by Gasteiger charge is -2.34. The van der Waals surface area contributed by atoms with Gasteiger partial charge in [-0.1, -0.05) is 71.7 Å². The third kappa shape index (κ3) is 10.4. The second kappa shape index (κ2) is 14.2. The van der Waals surface area contributed by atoms with Gasteiger partial charge in [0.2, 0.25) is 21.8 Å². The van der Waals surface area contributed by atoms with E-state index < -0.39 is 21.6 Å². The molecular formula is C31H37Cl2N3O4S. The van der Waals surface area contributed by atoms with Gasteiger partial charge in [-0.2, -0.15) is 0 Å². The quantitative estimate of drug-likeness (QED) is 0.266. The van der Waals surface area contributed by atoms with Crippen LogP contribution in [-0.2, 0) is 32.6 Å². The van der Waals surface area contributed by atoms with Gasteiger partial charge in [-0.25, -0.2) is 8.42 Å². The number of rotatable bonds is 12. The maximum Gasteiger partial charge on any atom is 0.243 e. The molecule has 2 amide bonds. The zero-order chi connectivity index (χ0) is 30.2. The molecule has 3 aromatic carbocycles. The Balaban J connectivity index is 1.90. The lowest BCUT2D eigenvalue weighted by Crippen LogP contribution is -2.54. The summed E-state index contributed by atoms with van der Waals surface area (Å²) >= 11 is 12.2. The lowest BCUT2D eigenvalue weighted by molar-refractivity contribution is -0.142. The topological polar surface area (TPSA) is 86.8 Å². The standard InChI is InChI=1S/C31H37Cl2N3O4S/c1-31(2,3)34-30(38)28(20-23-10-6-5-7-11-23)35(22-24-15-17-25(32)18-16-24)29(37)14-9-19-36(41(4,39)40)27-13-8-12-26(33)21-27/h5-8,10-13,15-18,21,28H,9,14,19-20,22H2,1-4H3,(H,34,38)/t28-/m1/s1. The number of carbonyl (C=O) groups excluding carboxylic acids is 2. The van der Waals surface area contributed by atoms with Crippen LogP contribution in [0.3, 0.4) is 0 Å². The summed E-state index contributed by atoms with van der Waals surface area (Å²) in [7, 11) is -3.62. The summed E-state index contributed by atoms with van der Waals surface area (Å²) in [5.41, 5.74) is 1.66. The number of halogens is 2. The fraction of sp³-hybridized carbons (Fsp3) is 0.355. The Morgan fingerprint density at radius 2 is 1.54 bits per heavy atom. The minimum atomic E-state index is -3.62. The SMILES string of the molecule is CC(C)(C)NC(=O)[C@@H](Cc1ccccc1)N(Cc1ccc(Cl)cc1)C(=O)CCCN(c1cccc(Cl)c1)S(C)(=O)=O. The zero-order valence-corrected chi connectivity index (χ0v) is 26.1. The normalized spacial score (nSPS) is 12.4. The molecule has 1 N–H and O–H groups in total. The van der Waals surface area contributed by atoms with E-state index in [2.05, 4.69) is 5.32 Å². The van der Waals surface area contributed by atoms with Gasteiger partial charge in [-0.3, -0.25) is 13.9 Å². The van der Waals surface area contributed by atoms with E-state index >= 15 is 0 Å². The number of hydrogen-bond donors (Lipinski definition) is 1. The number of nitrogens with one attached hydrogen (secondary N) is 1. The molecule has 0 fully saturated rings. The van der Waals surface area contributed by atoms with Crippen molar-refractivity contribution >= 4 is 50.7 Å². The second-order valence-corrected chi connectivity index (χ2v) is 13.8. The molecule has 3 rings (SSSR count). The molecule has 0 bridgehead atoms. The predicted molar refractivity (Wildman–Crippen MR) is 167 cm³/mol.